The molecule has 0 aliphatic carbocycles. The molecule has 0 aromatic carbocycles. The van der Waals surface area contributed by atoms with Crippen LogP contribution in [-0.2, 0) is 9.47 Å². The lowest BCUT2D eigenvalue weighted by molar-refractivity contribution is 0.00430. The predicted molar refractivity (Wildman–Crippen MR) is 63.0 cm³/mol. The number of ether oxygens (including phenoxy) is 2. The van der Waals surface area contributed by atoms with Gasteiger partial charge in [-0.1, -0.05) is 17.2 Å². The monoisotopic (exact) mass is 242 g/mol. The van der Waals surface area contributed by atoms with Crippen LogP contribution in [0.2, 0.25) is 0 Å². The molecule has 0 saturated carbocycles. The Kier molecular flexibility index (Phi) is 10.1. The minimum atomic E-state index is -1.07. The van der Waals surface area contributed by atoms with Crippen LogP contribution < -0.4 is 0 Å². The number of azide groups is 1. The minimum Gasteiger partial charge on any atom is -0.381 e. The molecule has 1 rings (SSSR count). The highest BCUT2D eigenvalue weighted by Crippen LogP contribution is 2.04. The summed E-state index contributed by atoms with van der Waals surface area (Å²) in [5.41, 5.74) is 16.1. The van der Waals surface area contributed by atoms with Crippen molar-refractivity contribution in [2.24, 2.45) is 10.2 Å². The van der Waals surface area contributed by atoms with Gasteiger partial charge in [-0.15, -0.1) is 0 Å². The van der Waals surface area contributed by atoms with Crippen molar-refractivity contribution in [1.29, 1.82) is 0 Å². The molecule has 0 radical (unpaired) electrons. The lowest BCUT2D eigenvalue weighted by Crippen LogP contribution is -2.14. The van der Waals surface area contributed by atoms with E-state index in [-0.39, 0.29) is 6.10 Å². The first-order valence-electron chi connectivity index (χ1n) is 5.56. The largest absolute Gasteiger partial charge is 0.381 e. The molecule has 1 unspecified atom stereocenters. The maximum Gasteiger partial charge on any atom is 0.215 e. The van der Waals surface area contributed by atoms with Crippen LogP contribution >= 0.6 is 0 Å². The Morgan fingerprint density at radius 2 is 1.76 bits per heavy atom. The van der Waals surface area contributed by atoms with E-state index in [1.807, 2.05) is 6.92 Å². The van der Waals surface area contributed by atoms with E-state index in [2.05, 4.69) is 20.1 Å². The van der Waals surface area contributed by atoms with Crippen LogP contribution in [0.1, 0.15) is 33.1 Å². The first-order valence-corrected chi connectivity index (χ1v) is 5.56. The Hall–Kier alpha value is -1.46. The van der Waals surface area contributed by atoms with Crippen molar-refractivity contribution < 1.29 is 9.47 Å². The van der Waals surface area contributed by atoms with Gasteiger partial charge in [0, 0.05) is 23.0 Å². The minimum absolute atomic E-state index is 0.0917. The summed E-state index contributed by atoms with van der Waals surface area (Å²) in [5, 5.41) is 6.28. The maximum absolute atomic E-state index is 8.04. The van der Waals surface area contributed by atoms with Crippen molar-refractivity contribution >= 4 is 0 Å². The summed E-state index contributed by atoms with van der Waals surface area (Å²) in [5.74, 6) is 0. The summed E-state index contributed by atoms with van der Waals surface area (Å²) in [4.78, 5) is 4.95. The highest BCUT2D eigenvalue weighted by Gasteiger charge is 2.06. The zero-order chi connectivity index (χ0) is 12.9. The van der Waals surface area contributed by atoms with Gasteiger partial charge in [0.25, 0.3) is 0 Å². The Bertz CT molecular complexity index is 256. The van der Waals surface area contributed by atoms with Crippen LogP contribution in [-0.4, -0.2) is 25.7 Å². The van der Waals surface area contributed by atoms with E-state index in [4.69, 9.17) is 20.5 Å². The quantitative estimate of drug-likeness (QED) is 0.416. The Labute approximate surface area is 100 Å². The van der Waals surface area contributed by atoms with Gasteiger partial charge >= 0.3 is 0 Å². The van der Waals surface area contributed by atoms with Gasteiger partial charge in [0.05, 0.1) is 6.10 Å². The second kappa shape index (κ2) is 11.0. The summed E-state index contributed by atoms with van der Waals surface area (Å²) in [6, 6.07) is 0. The second-order valence-corrected chi connectivity index (χ2v) is 3.41. The molecule has 0 bridgehead atoms. The molecule has 1 heterocycles. The van der Waals surface area contributed by atoms with Crippen LogP contribution in [0.5, 0.6) is 0 Å². The fourth-order valence-corrected chi connectivity index (χ4v) is 0.980. The van der Waals surface area contributed by atoms with E-state index in [9.17, 15) is 0 Å². The van der Waals surface area contributed by atoms with Crippen LogP contribution in [0.4, 0.5) is 0 Å². The molecule has 1 aliphatic heterocycles. The van der Waals surface area contributed by atoms with Gasteiger partial charge in [-0.25, -0.2) is 0 Å². The van der Waals surface area contributed by atoms with E-state index in [1.54, 1.807) is 6.92 Å². The van der Waals surface area contributed by atoms with E-state index in [1.165, 1.54) is 12.8 Å². The van der Waals surface area contributed by atoms with Gasteiger partial charge in [-0.05, 0) is 37.2 Å². The molecule has 8 nitrogen and oxygen atoms in total. The molecule has 17 heavy (non-hydrogen) atoms. The van der Waals surface area contributed by atoms with Gasteiger partial charge in [-0.2, -0.15) is 0 Å². The Morgan fingerprint density at radius 3 is 2.06 bits per heavy atom. The maximum atomic E-state index is 8.04. The van der Waals surface area contributed by atoms with Gasteiger partial charge in [0.1, 0.15) is 0 Å². The van der Waals surface area contributed by atoms with Gasteiger partial charge in [-0.3, -0.25) is 0 Å². The molecule has 0 aromatic heterocycles. The number of nitrogens with zero attached hydrogens (tertiary/aromatic N) is 6. The molecule has 0 amide bonds. The third-order valence-corrected chi connectivity index (χ3v) is 2.06. The SMILES string of the molecule is C1CCOC1.CCC(C)OC(N=[N+]=[N-])N=[N+]=[N-]. The Morgan fingerprint density at radius 1 is 1.24 bits per heavy atom. The van der Waals surface area contributed by atoms with Crippen molar-refractivity contribution in [3.05, 3.63) is 20.9 Å². The summed E-state index contributed by atoms with van der Waals surface area (Å²) in [6.45, 7) is 5.71. The molecule has 0 spiro atoms. The molecule has 1 atom stereocenters. The zero-order valence-electron chi connectivity index (χ0n) is 10.2. The summed E-state index contributed by atoms with van der Waals surface area (Å²) in [7, 11) is 0. The van der Waals surface area contributed by atoms with Crippen molar-refractivity contribution in [1.82, 2.24) is 0 Å². The molecule has 8 heteroatoms. The Balaban J connectivity index is 0.000000419. The van der Waals surface area contributed by atoms with E-state index in [0.717, 1.165) is 19.6 Å². The second-order valence-electron chi connectivity index (χ2n) is 3.41. The average molecular weight is 242 g/mol. The smallest absolute Gasteiger partial charge is 0.215 e. The van der Waals surface area contributed by atoms with Crippen molar-refractivity contribution in [2.45, 2.75) is 45.6 Å². The molecule has 0 N–H and O–H groups in total. The number of rotatable bonds is 5. The van der Waals surface area contributed by atoms with Crippen molar-refractivity contribution in [3.8, 4) is 0 Å². The molecule has 96 valence electrons. The lowest BCUT2D eigenvalue weighted by atomic mass is 10.3. The zero-order valence-corrected chi connectivity index (χ0v) is 10.2. The molecule has 0 aromatic rings. The number of hydrogen-bond donors (Lipinski definition) is 0. The summed E-state index contributed by atoms with van der Waals surface area (Å²) < 4.78 is 9.98. The van der Waals surface area contributed by atoms with Crippen LogP contribution in [0.15, 0.2) is 10.2 Å². The van der Waals surface area contributed by atoms with Crippen LogP contribution in [0.3, 0.4) is 0 Å². The normalized spacial score (nSPS) is 16.8. The van der Waals surface area contributed by atoms with E-state index >= 15 is 0 Å². The van der Waals surface area contributed by atoms with Crippen molar-refractivity contribution in [2.75, 3.05) is 13.2 Å². The van der Waals surface area contributed by atoms with Gasteiger partial charge < -0.3 is 9.47 Å². The van der Waals surface area contributed by atoms with Crippen LogP contribution in [0.25, 0.3) is 20.9 Å². The fourth-order valence-electron chi connectivity index (χ4n) is 0.980. The molecular weight excluding hydrogens is 224 g/mol. The first kappa shape index (κ1) is 15.5. The highest BCUT2D eigenvalue weighted by molar-refractivity contribution is 4.57. The van der Waals surface area contributed by atoms with Gasteiger partial charge in [0.15, 0.2) is 0 Å². The predicted octanol–water partition coefficient (Wildman–Crippen LogP) is 3.50. The molecule has 1 aliphatic rings. The third-order valence-electron chi connectivity index (χ3n) is 2.06. The van der Waals surface area contributed by atoms with E-state index in [0.29, 0.717) is 0 Å². The molecular formula is C9H18N6O2. The van der Waals surface area contributed by atoms with Gasteiger partial charge in [0.2, 0.25) is 6.35 Å². The summed E-state index contributed by atoms with van der Waals surface area (Å²) >= 11 is 0. The summed E-state index contributed by atoms with van der Waals surface area (Å²) in [6.07, 6.45) is 2.15. The van der Waals surface area contributed by atoms with E-state index < -0.39 is 6.35 Å². The highest BCUT2D eigenvalue weighted by atomic mass is 16.5. The fraction of sp³-hybridized carbons (Fsp3) is 1.00. The molecule has 1 fully saturated rings. The third kappa shape index (κ3) is 9.47. The molecule has 1 saturated heterocycles. The first-order chi connectivity index (χ1) is 8.24. The average Bonchev–Trinajstić information content (AvgIpc) is 2.88. The lowest BCUT2D eigenvalue weighted by Gasteiger charge is -2.12. The standard InChI is InChI=1S/C5H10N6O.C4H8O/c1-3-4(2)12-5(8-10-6)9-11-7;1-2-4-5-3-1/h4-5H,3H2,1-2H3;1-4H2. The van der Waals surface area contributed by atoms with Crippen molar-refractivity contribution in [3.63, 3.8) is 0 Å². The number of hydrogen-bond acceptors (Lipinski definition) is 4. The van der Waals surface area contributed by atoms with Crippen LogP contribution in [0, 0.1) is 0 Å². The topological polar surface area (TPSA) is 116 Å².